The Balaban J connectivity index is 2.16. The zero-order valence-electron chi connectivity index (χ0n) is 10.5. The number of carbonyl (C=O) groups excluding carboxylic acids is 1. The molecule has 1 unspecified atom stereocenters. The lowest BCUT2D eigenvalue weighted by atomic mass is 10.1. The number of ether oxygens (including phenoxy) is 1. The van der Waals surface area contributed by atoms with E-state index in [2.05, 4.69) is 15.3 Å². The van der Waals surface area contributed by atoms with E-state index in [9.17, 15) is 4.79 Å². The fourth-order valence-electron chi connectivity index (χ4n) is 1.71. The van der Waals surface area contributed by atoms with E-state index in [-0.39, 0.29) is 19.1 Å². The van der Waals surface area contributed by atoms with Crippen molar-refractivity contribution in [2.75, 3.05) is 20.3 Å². The first kappa shape index (κ1) is 13.4. The van der Waals surface area contributed by atoms with Crippen LogP contribution in [-0.2, 0) is 4.74 Å². The van der Waals surface area contributed by atoms with Gasteiger partial charge in [0, 0.05) is 25.1 Å². The Hall–Kier alpha value is -2.05. The second-order valence-corrected chi connectivity index (χ2v) is 4.07. The van der Waals surface area contributed by atoms with Gasteiger partial charge in [-0.05, 0) is 18.2 Å². The number of hydrogen-bond acceptors (Lipinski definition) is 5. The van der Waals surface area contributed by atoms with Crippen LogP contribution in [0.2, 0.25) is 0 Å². The number of methoxy groups -OCH3 is 1. The molecule has 1 heterocycles. The Bertz CT molecular complexity index is 574. The Morgan fingerprint density at radius 2 is 2.11 bits per heavy atom. The Labute approximate surface area is 110 Å². The number of hydrogen-bond donors (Lipinski definition) is 2. The molecule has 1 atom stereocenters. The first-order valence-electron chi connectivity index (χ1n) is 5.86. The van der Waals surface area contributed by atoms with E-state index in [1.807, 2.05) is 0 Å². The highest BCUT2D eigenvalue weighted by Crippen LogP contribution is 2.10. The molecule has 1 aromatic heterocycles. The van der Waals surface area contributed by atoms with Crippen LogP contribution in [0.5, 0.6) is 0 Å². The molecule has 2 aromatic rings. The third kappa shape index (κ3) is 3.24. The normalized spacial score (nSPS) is 12.3. The number of aliphatic hydroxyl groups excluding tert-OH is 1. The van der Waals surface area contributed by atoms with Crippen LogP contribution < -0.4 is 5.32 Å². The third-order valence-corrected chi connectivity index (χ3v) is 2.65. The van der Waals surface area contributed by atoms with Crippen molar-refractivity contribution >= 4 is 16.9 Å². The molecule has 1 amide bonds. The molecule has 0 aliphatic heterocycles. The molecule has 2 rings (SSSR count). The van der Waals surface area contributed by atoms with Crippen LogP contribution in [0.15, 0.2) is 30.6 Å². The van der Waals surface area contributed by atoms with Crippen molar-refractivity contribution in [1.29, 1.82) is 0 Å². The highest BCUT2D eigenvalue weighted by Gasteiger charge is 2.13. The molecule has 0 saturated carbocycles. The smallest absolute Gasteiger partial charge is 0.251 e. The zero-order valence-corrected chi connectivity index (χ0v) is 10.5. The van der Waals surface area contributed by atoms with Crippen molar-refractivity contribution in [3.8, 4) is 0 Å². The van der Waals surface area contributed by atoms with Crippen LogP contribution in [0, 0.1) is 0 Å². The molecular weight excluding hydrogens is 246 g/mol. The van der Waals surface area contributed by atoms with Crippen molar-refractivity contribution in [2.24, 2.45) is 0 Å². The average molecular weight is 261 g/mol. The lowest BCUT2D eigenvalue weighted by Crippen LogP contribution is -2.40. The van der Waals surface area contributed by atoms with E-state index in [1.54, 1.807) is 30.6 Å². The fraction of sp³-hybridized carbons (Fsp3) is 0.308. The summed E-state index contributed by atoms with van der Waals surface area (Å²) in [5.41, 5.74) is 1.86. The van der Waals surface area contributed by atoms with Gasteiger partial charge in [-0.3, -0.25) is 14.8 Å². The SMILES string of the molecule is COCC(CO)NC(=O)c1ccc2nccnc2c1. The molecule has 0 radical (unpaired) electrons. The van der Waals surface area contributed by atoms with Crippen molar-refractivity contribution in [1.82, 2.24) is 15.3 Å². The summed E-state index contributed by atoms with van der Waals surface area (Å²) in [6.45, 7) is 0.0859. The van der Waals surface area contributed by atoms with E-state index in [0.717, 1.165) is 5.52 Å². The molecule has 0 bridgehead atoms. The maximum atomic E-state index is 12.0. The summed E-state index contributed by atoms with van der Waals surface area (Å²) >= 11 is 0. The zero-order chi connectivity index (χ0) is 13.7. The molecule has 6 nitrogen and oxygen atoms in total. The van der Waals surface area contributed by atoms with Crippen LogP contribution in [0.3, 0.4) is 0 Å². The van der Waals surface area contributed by atoms with Crippen molar-refractivity contribution < 1.29 is 14.6 Å². The van der Waals surface area contributed by atoms with Gasteiger partial charge in [0.05, 0.1) is 30.3 Å². The summed E-state index contributed by atoms with van der Waals surface area (Å²) in [5.74, 6) is -0.274. The molecule has 19 heavy (non-hydrogen) atoms. The maximum absolute atomic E-state index is 12.0. The molecule has 0 spiro atoms. The Morgan fingerprint density at radius 1 is 1.37 bits per heavy atom. The van der Waals surface area contributed by atoms with E-state index in [4.69, 9.17) is 9.84 Å². The van der Waals surface area contributed by atoms with Gasteiger partial charge in [0.2, 0.25) is 0 Å². The molecule has 0 saturated heterocycles. The van der Waals surface area contributed by atoms with Crippen LogP contribution >= 0.6 is 0 Å². The number of amides is 1. The summed E-state index contributed by atoms with van der Waals surface area (Å²) < 4.78 is 4.90. The van der Waals surface area contributed by atoms with Gasteiger partial charge >= 0.3 is 0 Å². The Kier molecular flexibility index (Phi) is 4.38. The highest BCUT2D eigenvalue weighted by atomic mass is 16.5. The monoisotopic (exact) mass is 261 g/mol. The van der Waals surface area contributed by atoms with Crippen LogP contribution in [-0.4, -0.2) is 47.3 Å². The first-order valence-corrected chi connectivity index (χ1v) is 5.86. The van der Waals surface area contributed by atoms with Crippen molar-refractivity contribution in [3.63, 3.8) is 0 Å². The molecule has 1 aromatic carbocycles. The highest BCUT2D eigenvalue weighted by molar-refractivity contribution is 5.97. The van der Waals surface area contributed by atoms with Gasteiger partial charge in [-0.25, -0.2) is 0 Å². The number of nitrogens with zero attached hydrogens (tertiary/aromatic N) is 2. The van der Waals surface area contributed by atoms with Crippen molar-refractivity contribution in [2.45, 2.75) is 6.04 Å². The molecule has 0 aliphatic rings. The number of aromatic nitrogens is 2. The molecular formula is C13H15N3O3. The predicted molar refractivity (Wildman–Crippen MR) is 69.8 cm³/mol. The average Bonchev–Trinajstić information content (AvgIpc) is 2.46. The number of nitrogens with one attached hydrogen (secondary N) is 1. The van der Waals surface area contributed by atoms with E-state index >= 15 is 0 Å². The van der Waals surface area contributed by atoms with E-state index < -0.39 is 6.04 Å². The molecule has 100 valence electrons. The maximum Gasteiger partial charge on any atom is 0.251 e. The summed E-state index contributed by atoms with van der Waals surface area (Å²) in [5, 5.41) is 11.8. The number of aliphatic hydroxyl groups is 1. The standard InChI is InChI=1S/C13H15N3O3/c1-19-8-10(7-17)16-13(18)9-2-3-11-12(6-9)15-5-4-14-11/h2-6,10,17H,7-8H2,1H3,(H,16,18). The van der Waals surface area contributed by atoms with Gasteiger partial charge in [0.1, 0.15) is 0 Å². The minimum Gasteiger partial charge on any atom is -0.394 e. The van der Waals surface area contributed by atoms with Gasteiger partial charge in [-0.1, -0.05) is 0 Å². The largest absolute Gasteiger partial charge is 0.394 e. The Morgan fingerprint density at radius 3 is 2.79 bits per heavy atom. The fourth-order valence-corrected chi connectivity index (χ4v) is 1.71. The van der Waals surface area contributed by atoms with Gasteiger partial charge in [-0.2, -0.15) is 0 Å². The number of rotatable bonds is 5. The van der Waals surface area contributed by atoms with Crippen LogP contribution in [0.4, 0.5) is 0 Å². The number of fused-ring (bicyclic) bond motifs is 1. The van der Waals surface area contributed by atoms with Gasteiger partial charge < -0.3 is 15.2 Å². The molecule has 2 N–H and O–H groups in total. The van der Waals surface area contributed by atoms with E-state index in [0.29, 0.717) is 11.1 Å². The van der Waals surface area contributed by atoms with Crippen molar-refractivity contribution in [3.05, 3.63) is 36.2 Å². The first-order chi connectivity index (χ1) is 9.24. The van der Waals surface area contributed by atoms with Gasteiger partial charge in [0.15, 0.2) is 0 Å². The summed E-state index contributed by atoms with van der Waals surface area (Å²) in [4.78, 5) is 20.3. The lowest BCUT2D eigenvalue weighted by Gasteiger charge is -2.15. The number of benzene rings is 1. The second kappa shape index (κ2) is 6.21. The van der Waals surface area contributed by atoms with Gasteiger partial charge in [0.25, 0.3) is 5.91 Å². The third-order valence-electron chi connectivity index (χ3n) is 2.65. The van der Waals surface area contributed by atoms with Crippen LogP contribution in [0.1, 0.15) is 10.4 Å². The topological polar surface area (TPSA) is 84.3 Å². The lowest BCUT2D eigenvalue weighted by molar-refractivity contribution is 0.0840. The summed E-state index contributed by atoms with van der Waals surface area (Å²) in [6.07, 6.45) is 3.17. The quantitative estimate of drug-likeness (QED) is 0.812. The molecule has 0 aliphatic carbocycles. The summed E-state index contributed by atoms with van der Waals surface area (Å²) in [7, 11) is 1.51. The minimum absolute atomic E-state index is 0.174. The summed E-state index contributed by atoms with van der Waals surface area (Å²) in [6, 6.07) is 4.66. The van der Waals surface area contributed by atoms with Gasteiger partial charge in [-0.15, -0.1) is 0 Å². The van der Waals surface area contributed by atoms with E-state index in [1.165, 1.54) is 7.11 Å². The second-order valence-electron chi connectivity index (χ2n) is 4.07. The minimum atomic E-state index is -0.421. The predicted octanol–water partition coefficient (Wildman–Crippen LogP) is 0.367. The number of carbonyl (C=O) groups is 1. The molecule has 0 fully saturated rings. The molecule has 6 heteroatoms. The van der Waals surface area contributed by atoms with Crippen LogP contribution in [0.25, 0.3) is 11.0 Å².